The first-order valence-corrected chi connectivity index (χ1v) is 7.38. The van der Waals surface area contributed by atoms with Gasteiger partial charge in [0.2, 0.25) is 5.91 Å². The number of carbonyl (C=O) groups is 1. The van der Waals surface area contributed by atoms with Gasteiger partial charge in [0.05, 0.1) is 18.1 Å². The Morgan fingerprint density at radius 2 is 2.20 bits per heavy atom. The molecule has 0 aliphatic heterocycles. The van der Waals surface area contributed by atoms with Crippen LogP contribution in [0.3, 0.4) is 0 Å². The van der Waals surface area contributed by atoms with Gasteiger partial charge in [-0.25, -0.2) is 0 Å². The fourth-order valence-electron chi connectivity index (χ4n) is 1.83. The van der Waals surface area contributed by atoms with Gasteiger partial charge >= 0.3 is 0 Å². The molecule has 0 saturated carbocycles. The third-order valence-electron chi connectivity index (χ3n) is 3.00. The number of halogens is 1. The molecule has 1 aromatic rings. The molecule has 1 unspecified atom stereocenters. The Kier molecular flexibility index (Phi) is 7.41. The number of nitrogens with two attached hydrogens (primary N) is 1. The Labute approximate surface area is 125 Å². The van der Waals surface area contributed by atoms with E-state index in [1.54, 1.807) is 6.07 Å². The van der Waals surface area contributed by atoms with Crippen molar-refractivity contribution in [2.24, 2.45) is 5.73 Å². The first-order chi connectivity index (χ1) is 9.58. The molecule has 5 heteroatoms. The first-order valence-electron chi connectivity index (χ1n) is 7.00. The highest BCUT2D eigenvalue weighted by atomic mass is 35.5. The van der Waals surface area contributed by atoms with Gasteiger partial charge in [-0.3, -0.25) is 4.79 Å². The Morgan fingerprint density at radius 1 is 1.45 bits per heavy atom. The number of rotatable bonds is 8. The average molecular weight is 299 g/mol. The molecule has 3 N–H and O–H groups in total. The van der Waals surface area contributed by atoms with Crippen molar-refractivity contribution in [3.63, 3.8) is 0 Å². The van der Waals surface area contributed by atoms with Crippen LogP contribution in [0.4, 0.5) is 0 Å². The summed E-state index contributed by atoms with van der Waals surface area (Å²) in [5.41, 5.74) is 6.97. The maximum atomic E-state index is 11.4. The van der Waals surface area contributed by atoms with E-state index in [4.69, 9.17) is 22.1 Å². The molecule has 4 nitrogen and oxygen atoms in total. The summed E-state index contributed by atoms with van der Waals surface area (Å²) in [5.74, 6) is 0.619. The molecule has 0 bridgehead atoms. The summed E-state index contributed by atoms with van der Waals surface area (Å²) in [4.78, 5) is 11.4. The predicted molar refractivity (Wildman–Crippen MR) is 82.2 cm³/mol. The van der Waals surface area contributed by atoms with E-state index in [1.165, 1.54) is 0 Å². The molecular weight excluding hydrogens is 276 g/mol. The highest BCUT2D eigenvalue weighted by molar-refractivity contribution is 6.32. The summed E-state index contributed by atoms with van der Waals surface area (Å²) in [6, 6.07) is 5.71. The normalized spacial score (nSPS) is 12.0. The average Bonchev–Trinajstić information content (AvgIpc) is 2.42. The summed E-state index contributed by atoms with van der Waals surface area (Å²) in [7, 11) is 0. The predicted octanol–water partition coefficient (Wildman–Crippen LogP) is 2.52. The lowest BCUT2D eigenvalue weighted by molar-refractivity contribution is -0.121. The van der Waals surface area contributed by atoms with Gasteiger partial charge in [-0.15, -0.1) is 0 Å². The van der Waals surface area contributed by atoms with Gasteiger partial charge in [-0.1, -0.05) is 30.7 Å². The lowest BCUT2D eigenvalue weighted by Crippen LogP contribution is -2.24. The molecule has 0 aliphatic carbocycles. The number of benzene rings is 1. The van der Waals surface area contributed by atoms with Crippen molar-refractivity contribution in [1.82, 2.24) is 5.32 Å². The van der Waals surface area contributed by atoms with Gasteiger partial charge in [0.25, 0.3) is 0 Å². The molecule has 1 rings (SSSR count). The molecule has 1 aromatic carbocycles. The van der Waals surface area contributed by atoms with Crippen LogP contribution in [0.1, 0.15) is 32.3 Å². The Hall–Kier alpha value is -1.26. The van der Waals surface area contributed by atoms with Crippen LogP contribution in [0, 0.1) is 0 Å². The second-order valence-corrected chi connectivity index (χ2v) is 5.06. The van der Waals surface area contributed by atoms with Crippen LogP contribution in [-0.2, 0) is 11.2 Å². The molecule has 20 heavy (non-hydrogen) atoms. The SMILES string of the molecule is CCNC(=O)CCOc1c(Cl)cccc1CC(N)CC. The zero-order chi connectivity index (χ0) is 15.0. The van der Waals surface area contributed by atoms with Gasteiger partial charge in [0, 0.05) is 12.6 Å². The van der Waals surface area contributed by atoms with Crippen molar-refractivity contribution in [3.05, 3.63) is 28.8 Å². The number of hydrogen-bond acceptors (Lipinski definition) is 3. The zero-order valence-electron chi connectivity index (χ0n) is 12.1. The summed E-state index contributed by atoms with van der Waals surface area (Å²) in [5, 5.41) is 3.29. The second-order valence-electron chi connectivity index (χ2n) is 4.65. The fraction of sp³-hybridized carbons (Fsp3) is 0.533. The molecule has 0 fully saturated rings. The molecular formula is C15H23ClN2O2. The van der Waals surface area contributed by atoms with Gasteiger partial charge in [-0.2, -0.15) is 0 Å². The van der Waals surface area contributed by atoms with E-state index < -0.39 is 0 Å². The van der Waals surface area contributed by atoms with E-state index >= 15 is 0 Å². The van der Waals surface area contributed by atoms with Crippen molar-refractivity contribution in [3.8, 4) is 5.75 Å². The molecule has 0 spiro atoms. The molecule has 0 saturated heterocycles. The number of carbonyl (C=O) groups excluding carboxylic acids is 1. The Balaban J connectivity index is 2.65. The van der Waals surface area contributed by atoms with Crippen LogP contribution in [0.5, 0.6) is 5.75 Å². The van der Waals surface area contributed by atoms with Crippen LogP contribution in [-0.4, -0.2) is 25.1 Å². The number of para-hydroxylation sites is 1. The van der Waals surface area contributed by atoms with E-state index in [1.807, 2.05) is 26.0 Å². The third kappa shape index (κ3) is 5.39. The van der Waals surface area contributed by atoms with Crippen molar-refractivity contribution >= 4 is 17.5 Å². The highest BCUT2D eigenvalue weighted by Gasteiger charge is 2.12. The van der Waals surface area contributed by atoms with Gasteiger partial charge in [0.1, 0.15) is 5.75 Å². The summed E-state index contributed by atoms with van der Waals surface area (Å²) < 4.78 is 5.68. The third-order valence-corrected chi connectivity index (χ3v) is 3.30. The first kappa shape index (κ1) is 16.8. The highest BCUT2D eigenvalue weighted by Crippen LogP contribution is 2.29. The molecule has 1 amide bonds. The second kappa shape index (κ2) is 8.82. The molecule has 0 aromatic heterocycles. The minimum absolute atomic E-state index is 0.0219. The van der Waals surface area contributed by atoms with Crippen molar-refractivity contribution in [1.29, 1.82) is 0 Å². The Morgan fingerprint density at radius 3 is 2.85 bits per heavy atom. The van der Waals surface area contributed by atoms with E-state index in [0.717, 1.165) is 12.0 Å². The van der Waals surface area contributed by atoms with Crippen LogP contribution < -0.4 is 15.8 Å². The minimum atomic E-state index is -0.0219. The fourth-order valence-corrected chi connectivity index (χ4v) is 2.08. The van der Waals surface area contributed by atoms with Gasteiger partial charge in [0.15, 0.2) is 0 Å². The molecule has 0 aliphatic rings. The van der Waals surface area contributed by atoms with Crippen molar-refractivity contribution in [2.45, 2.75) is 39.2 Å². The molecule has 0 heterocycles. The topological polar surface area (TPSA) is 64.3 Å². The molecule has 112 valence electrons. The quantitative estimate of drug-likeness (QED) is 0.775. The maximum Gasteiger partial charge on any atom is 0.223 e. The van der Waals surface area contributed by atoms with Crippen LogP contribution in [0.25, 0.3) is 0 Å². The summed E-state index contributed by atoms with van der Waals surface area (Å²) in [6.07, 6.45) is 1.93. The van der Waals surface area contributed by atoms with E-state index in [-0.39, 0.29) is 11.9 Å². The lowest BCUT2D eigenvalue weighted by Gasteiger charge is -2.15. The van der Waals surface area contributed by atoms with Gasteiger partial charge in [-0.05, 0) is 31.4 Å². The van der Waals surface area contributed by atoms with Crippen molar-refractivity contribution in [2.75, 3.05) is 13.2 Å². The Bertz CT molecular complexity index is 438. The molecule has 0 radical (unpaired) electrons. The maximum absolute atomic E-state index is 11.4. The lowest BCUT2D eigenvalue weighted by atomic mass is 10.0. The number of ether oxygens (including phenoxy) is 1. The minimum Gasteiger partial charge on any atom is -0.491 e. The standard InChI is InChI=1S/C15H23ClN2O2/c1-3-12(17)10-11-6-5-7-13(16)15(11)20-9-8-14(19)18-4-2/h5-7,12H,3-4,8-10,17H2,1-2H3,(H,18,19). The molecule has 1 atom stereocenters. The number of amides is 1. The van der Waals surface area contributed by atoms with E-state index in [0.29, 0.717) is 36.8 Å². The summed E-state index contributed by atoms with van der Waals surface area (Å²) in [6.45, 7) is 4.87. The van der Waals surface area contributed by atoms with Crippen molar-refractivity contribution < 1.29 is 9.53 Å². The monoisotopic (exact) mass is 298 g/mol. The van der Waals surface area contributed by atoms with Gasteiger partial charge < -0.3 is 15.8 Å². The smallest absolute Gasteiger partial charge is 0.223 e. The van der Waals surface area contributed by atoms with Crippen LogP contribution in [0.15, 0.2) is 18.2 Å². The number of hydrogen-bond donors (Lipinski definition) is 2. The van der Waals surface area contributed by atoms with Crippen LogP contribution in [0.2, 0.25) is 5.02 Å². The summed E-state index contributed by atoms with van der Waals surface area (Å²) >= 11 is 6.17. The van der Waals surface area contributed by atoms with Crippen LogP contribution >= 0.6 is 11.6 Å². The van der Waals surface area contributed by atoms with E-state index in [2.05, 4.69) is 5.32 Å². The number of nitrogens with one attached hydrogen (secondary N) is 1. The largest absolute Gasteiger partial charge is 0.491 e. The van der Waals surface area contributed by atoms with E-state index in [9.17, 15) is 4.79 Å². The zero-order valence-corrected chi connectivity index (χ0v) is 12.9.